The lowest BCUT2D eigenvalue weighted by atomic mass is 9.84. The van der Waals surface area contributed by atoms with Gasteiger partial charge in [-0.25, -0.2) is 4.79 Å². The summed E-state index contributed by atoms with van der Waals surface area (Å²) in [7, 11) is 0. The Morgan fingerprint density at radius 2 is 2.03 bits per heavy atom. The third kappa shape index (κ3) is 3.38. The Hall–Kier alpha value is -3.20. The molecule has 1 saturated heterocycles. The number of para-hydroxylation sites is 1. The van der Waals surface area contributed by atoms with E-state index in [9.17, 15) is 19.2 Å². The average molecular weight is 413 g/mol. The number of carbonyl (C=O) groups is 4. The molecule has 1 fully saturated rings. The van der Waals surface area contributed by atoms with Gasteiger partial charge in [0, 0.05) is 23.8 Å². The molecule has 1 atom stereocenters. The molecule has 150 valence electrons. The van der Waals surface area contributed by atoms with Gasteiger partial charge in [-0.15, -0.1) is 11.3 Å². The lowest BCUT2D eigenvalue weighted by Gasteiger charge is -2.33. The smallest absolute Gasteiger partial charge is 0.325 e. The Kier molecular flexibility index (Phi) is 4.83. The normalized spacial score (nSPS) is 20.2. The summed E-state index contributed by atoms with van der Waals surface area (Å²) in [5, 5.41) is 5.45. The molecule has 1 spiro atoms. The number of nitrogens with one attached hydrogen (secondary N) is 2. The Balaban J connectivity index is 1.52. The third-order valence-corrected chi connectivity index (χ3v) is 6.13. The number of thiophene rings is 1. The molecule has 0 aliphatic carbocycles. The first kappa shape index (κ1) is 19.1. The van der Waals surface area contributed by atoms with Crippen molar-refractivity contribution >= 4 is 35.0 Å². The third-order valence-electron chi connectivity index (χ3n) is 5.01. The number of ketones is 1. The van der Waals surface area contributed by atoms with Gasteiger partial charge in [-0.1, -0.05) is 18.2 Å². The van der Waals surface area contributed by atoms with Crippen LogP contribution in [0.25, 0.3) is 0 Å². The van der Waals surface area contributed by atoms with Gasteiger partial charge in [0.2, 0.25) is 5.91 Å². The number of hydrogen-bond donors (Lipinski definition) is 2. The van der Waals surface area contributed by atoms with E-state index in [0.717, 1.165) is 9.78 Å². The summed E-state index contributed by atoms with van der Waals surface area (Å²) < 4.78 is 5.60. The Labute approximate surface area is 170 Å². The van der Waals surface area contributed by atoms with E-state index < -0.39 is 17.5 Å². The maximum absolute atomic E-state index is 13.2. The largest absolute Gasteiger partial charge is 0.493 e. The van der Waals surface area contributed by atoms with Crippen LogP contribution in [0.1, 0.15) is 33.5 Å². The summed E-state index contributed by atoms with van der Waals surface area (Å²) in [5.41, 5.74) is -0.591. The quantitative estimate of drug-likeness (QED) is 0.575. The van der Waals surface area contributed by atoms with Crippen molar-refractivity contribution in [2.75, 3.05) is 13.2 Å². The summed E-state index contributed by atoms with van der Waals surface area (Å²) in [6.45, 7) is 1.70. The fourth-order valence-electron chi connectivity index (χ4n) is 3.57. The lowest BCUT2D eigenvalue weighted by molar-refractivity contribution is -0.132. The maximum atomic E-state index is 13.2. The minimum atomic E-state index is -1.20. The molecule has 1 aromatic carbocycles. The molecular weight excluding hydrogens is 394 g/mol. The van der Waals surface area contributed by atoms with E-state index in [4.69, 9.17) is 4.74 Å². The number of nitrogens with zero attached hydrogens (tertiary/aromatic N) is 1. The predicted molar refractivity (Wildman–Crippen MR) is 105 cm³/mol. The topological polar surface area (TPSA) is 105 Å². The summed E-state index contributed by atoms with van der Waals surface area (Å²) in [6, 6.07) is 9.89. The van der Waals surface area contributed by atoms with Crippen LogP contribution in [0.15, 0.2) is 36.4 Å². The molecule has 0 bridgehead atoms. The highest BCUT2D eigenvalue weighted by atomic mass is 32.1. The van der Waals surface area contributed by atoms with Crippen molar-refractivity contribution in [1.82, 2.24) is 15.5 Å². The van der Waals surface area contributed by atoms with Crippen molar-refractivity contribution in [2.24, 2.45) is 0 Å². The summed E-state index contributed by atoms with van der Waals surface area (Å²) in [6.07, 6.45) is 0.305. The van der Waals surface area contributed by atoms with Crippen LogP contribution in [-0.4, -0.2) is 41.7 Å². The van der Waals surface area contributed by atoms with E-state index in [-0.39, 0.29) is 18.2 Å². The molecule has 29 heavy (non-hydrogen) atoms. The maximum Gasteiger partial charge on any atom is 0.325 e. The highest BCUT2D eigenvalue weighted by Crippen LogP contribution is 2.41. The molecule has 2 aromatic rings. The molecular formula is C20H19N3O5S. The molecule has 2 N–H and O–H groups in total. The Bertz CT molecular complexity index is 1020. The number of amides is 4. The number of carbonyl (C=O) groups excluding carboxylic acids is 4. The van der Waals surface area contributed by atoms with E-state index in [2.05, 4.69) is 10.6 Å². The molecule has 0 unspecified atom stereocenters. The van der Waals surface area contributed by atoms with Crippen LogP contribution >= 0.6 is 11.3 Å². The van der Waals surface area contributed by atoms with Gasteiger partial charge in [-0.05, 0) is 18.2 Å². The molecule has 0 saturated carbocycles. The van der Waals surface area contributed by atoms with Crippen molar-refractivity contribution in [3.63, 3.8) is 0 Å². The van der Waals surface area contributed by atoms with E-state index in [1.54, 1.807) is 36.4 Å². The van der Waals surface area contributed by atoms with Gasteiger partial charge < -0.3 is 15.4 Å². The van der Waals surface area contributed by atoms with Gasteiger partial charge in [0.25, 0.3) is 5.91 Å². The fourth-order valence-corrected chi connectivity index (χ4v) is 4.45. The Morgan fingerprint density at radius 1 is 1.24 bits per heavy atom. The minimum absolute atomic E-state index is 0.160. The minimum Gasteiger partial charge on any atom is -0.493 e. The molecule has 4 rings (SSSR count). The highest BCUT2D eigenvalue weighted by molar-refractivity contribution is 7.14. The first-order valence-electron chi connectivity index (χ1n) is 9.13. The number of ether oxygens (including phenoxy) is 1. The van der Waals surface area contributed by atoms with Crippen molar-refractivity contribution < 1.29 is 23.9 Å². The monoisotopic (exact) mass is 413 g/mol. The van der Waals surface area contributed by atoms with Crippen molar-refractivity contribution in [1.29, 1.82) is 0 Å². The standard InChI is InChI=1S/C20H19N3O5S/c1-12(24)21-10-13-6-7-17(29-13)15(25)11-23-18(26)20(22-19(23)27)8-9-28-16-5-3-2-4-14(16)20/h2-7H,8-11H2,1H3,(H,21,24)(H,22,27)/t20-/m0/s1. The van der Waals surface area contributed by atoms with E-state index >= 15 is 0 Å². The second-order valence-electron chi connectivity index (χ2n) is 6.92. The van der Waals surface area contributed by atoms with Crippen LogP contribution in [0.4, 0.5) is 4.79 Å². The highest BCUT2D eigenvalue weighted by Gasteiger charge is 2.55. The van der Waals surface area contributed by atoms with Gasteiger partial charge in [-0.3, -0.25) is 19.3 Å². The number of Topliss-reactive ketones (excluding diaryl/α,β-unsaturated/α-hetero) is 1. The van der Waals surface area contributed by atoms with Crippen LogP contribution in [0.2, 0.25) is 0 Å². The number of hydrogen-bond acceptors (Lipinski definition) is 6. The van der Waals surface area contributed by atoms with Crippen LogP contribution in [0.5, 0.6) is 5.75 Å². The fraction of sp³-hybridized carbons (Fsp3) is 0.300. The van der Waals surface area contributed by atoms with Crippen LogP contribution in [-0.2, 0) is 21.7 Å². The van der Waals surface area contributed by atoms with Crippen molar-refractivity contribution in [2.45, 2.75) is 25.4 Å². The number of rotatable bonds is 5. The summed E-state index contributed by atoms with van der Waals surface area (Å²) in [4.78, 5) is 51.7. The number of urea groups is 1. The first-order chi connectivity index (χ1) is 13.9. The predicted octanol–water partition coefficient (Wildman–Crippen LogP) is 1.80. The Morgan fingerprint density at radius 3 is 2.83 bits per heavy atom. The molecule has 2 aliphatic rings. The average Bonchev–Trinajstić information content (AvgIpc) is 3.26. The van der Waals surface area contributed by atoms with Gasteiger partial charge >= 0.3 is 6.03 Å². The van der Waals surface area contributed by atoms with Crippen molar-refractivity contribution in [3.8, 4) is 5.75 Å². The van der Waals surface area contributed by atoms with Gasteiger partial charge in [0.15, 0.2) is 11.3 Å². The summed E-state index contributed by atoms with van der Waals surface area (Å²) >= 11 is 1.23. The number of imide groups is 1. The van der Waals surface area contributed by atoms with Crippen LogP contribution in [0, 0.1) is 0 Å². The summed E-state index contributed by atoms with van der Waals surface area (Å²) in [5.74, 6) is -0.374. The van der Waals surface area contributed by atoms with E-state index in [1.165, 1.54) is 18.3 Å². The van der Waals surface area contributed by atoms with Gasteiger partial charge in [0.1, 0.15) is 5.75 Å². The second kappa shape index (κ2) is 7.32. The molecule has 8 nitrogen and oxygen atoms in total. The number of fused-ring (bicyclic) bond motifs is 2. The molecule has 4 amide bonds. The first-order valence-corrected chi connectivity index (χ1v) is 9.95. The zero-order valence-electron chi connectivity index (χ0n) is 15.7. The van der Waals surface area contributed by atoms with E-state index in [1.807, 2.05) is 0 Å². The van der Waals surface area contributed by atoms with E-state index in [0.29, 0.717) is 35.8 Å². The van der Waals surface area contributed by atoms with Crippen LogP contribution in [0.3, 0.4) is 0 Å². The van der Waals surface area contributed by atoms with Crippen LogP contribution < -0.4 is 15.4 Å². The van der Waals surface area contributed by atoms with Crippen molar-refractivity contribution in [3.05, 3.63) is 51.7 Å². The van der Waals surface area contributed by atoms with Gasteiger partial charge in [0.05, 0.1) is 24.6 Å². The molecule has 9 heteroatoms. The molecule has 3 heterocycles. The molecule has 0 radical (unpaired) electrons. The molecule has 1 aromatic heterocycles. The number of benzene rings is 1. The zero-order chi connectivity index (χ0) is 20.6. The zero-order valence-corrected chi connectivity index (χ0v) is 16.5. The SMILES string of the molecule is CC(=O)NCc1ccc(C(=O)CN2C(=O)N[C@]3(CCOc4ccccc43)C2=O)s1. The molecule has 2 aliphatic heterocycles. The second-order valence-corrected chi connectivity index (χ2v) is 8.09. The lowest BCUT2D eigenvalue weighted by Crippen LogP contribution is -2.47. The van der Waals surface area contributed by atoms with Gasteiger partial charge in [-0.2, -0.15) is 0 Å².